The van der Waals surface area contributed by atoms with Gasteiger partial charge < -0.3 is 20.4 Å². The van der Waals surface area contributed by atoms with Gasteiger partial charge in [-0.05, 0) is 57.2 Å². The van der Waals surface area contributed by atoms with Crippen molar-refractivity contribution in [1.82, 2.24) is 20.5 Å². The predicted octanol–water partition coefficient (Wildman–Crippen LogP) is 3.09. The Bertz CT molecular complexity index is 589. The molecule has 0 radical (unpaired) electrons. The fourth-order valence-electron chi connectivity index (χ4n) is 3.82. The first-order chi connectivity index (χ1) is 13.1. The van der Waals surface area contributed by atoms with Gasteiger partial charge in [0, 0.05) is 45.0 Å². The highest BCUT2D eigenvalue weighted by Gasteiger charge is 2.19. The highest BCUT2D eigenvalue weighted by Crippen LogP contribution is 2.23. The summed E-state index contributed by atoms with van der Waals surface area (Å²) in [5, 5.41) is 7.00. The Balaban J connectivity index is 0.00000280. The predicted molar refractivity (Wildman–Crippen MR) is 129 cm³/mol. The molecule has 1 aliphatic carbocycles. The van der Waals surface area contributed by atoms with Crippen LogP contribution >= 0.6 is 24.0 Å². The van der Waals surface area contributed by atoms with Crippen LogP contribution in [0.2, 0.25) is 0 Å². The van der Waals surface area contributed by atoms with Crippen molar-refractivity contribution in [3.63, 3.8) is 0 Å². The third-order valence-corrected chi connectivity index (χ3v) is 5.76. The number of likely N-dealkylation sites (N-methyl/N-ethyl adjacent to an activating group) is 1. The van der Waals surface area contributed by atoms with Crippen molar-refractivity contribution >= 4 is 35.8 Å². The second-order valence-corrected chi connectivity index (χ2v) is 8.11. The maximum absolute atomic E-state index is 4.78. The van der Waals surface area contributed by atoms with Crippen LogP contribution in [-0.4, -0.2) is 61.7 Å². The van der Waals surface area contributed by atoms with E-state index in [0.29, 0.717) is 12.6 Å². The zero-order valence-electron chi connectivity index (χ0n) is 17.7. The van der Waals surface area contributed by atoms with Crippen molar-refractivity contribution in [1.29, 1.82) is 0 Å². The van der Waals surface area contributed by atoms with E-state index in [4.69, 9.17) is 4.99 Å². The molecular weight excluding hydrogens is 463 g/mol. The molecule has 2 fully saturated rings. The van der Waals surface area contributed by atoms with Crippen molar-refractivity contribution in [3.8, 4) is 0 Å². The van der Waals surface area contributed by atoms with Crippen molar-refractivity contribution in [2.45, 2.75) is 52.1 Å². The average molecular weight is 500 g/mol. The van der Waals surface area contributed by atoms with E-state index in [9.17, 15) is 0 Å². The van der Waals surface area contributed by atoms with E-state index < -0.39 is 0 Å². The van der Waals surface area contributed by atoms with Crippen molar-refractivity contribution in [3.05, 3.63) is 23.9 Å². The summed E-state index contributed by atoms with van der Waals surface area (Å²) in [6.45, 7) is 10.3. The van der Waals surface area contributed by atoms with Gasteiger partial charge in [-0.2, -0.15) is 0 Å². The number of anilines is 1. The Hall–Kier alpha value is -1.09. The summed E-state index contributed by atoms with van der Waals surface area (Å²) in [7, 11) is 2.18. The molecule has 1 aromatic heterocycles. The molecule has 158 valence electrons. The molecule has 0 atom stereocenters. The van der Waals surface area contributed by atoms with Gasteiger partial charge in [0.05, 0.1) is 6.54 Å². The van der Waals surface area contributed by atoms with Crippen LogP contribution in [0.5, 0.6) is 0 Å². The van der Waals surface area contributed by atoms with Crippen LogP contribution in [0.1, 0.15) is 45.1 Å². The molecule has 1 saturated heterocycles. The summed E-state index contributed by atoms with van der Waals surface area (Å²) in [5.74, 6) is 2.88. The molecule has 1 saturated carbocycles. The first kappa shape index (κ1) is 23.2. The van der Waals surface area contributed by atoms with E-state index in [1.807, 2.05) is 6.20 Å². The second kappa shape index (κ2) is 11.8. The van der Waals surface area contributed by atoms with Gasteiger partial charge >= 0.3 is 0 Å². The maximum Gasteiger partial charge on any atom is 0.191 e. The van der Waals surface area contributed by atoms with Crippen LogP contribution in [0, 0.1) is 5.92 Å². The van der Waals surface area contributed by atoms with Gasteiger partial charge in [0.25, 0.3) is 0 Å². The van der Waals surface area contributed by atoms with Gasteiger partial charge in [0.15, 0.2) is 5.96 Å². The lowest BCUT2D eigenvalue weighted by molar-refractivity contribution is 0.312. The van der Waals surface area contributed by atoms with Gasteiger partial charge in [0.2, 0.25) is 0 Å². The number of aliphatic imine (C=N–C) groups is 1. The van der Waals surface area contributed by atoms with Crippen LogP contribution in [0.4, 0.5) is 5.82 Å². The number of piperazine rings is 1. The van der Waals surface area contributed by atoms with Gasteiger partial charge in [0.1, 0.15) is 5.82 Å². The van der Waals surface area contributed by atoms with Gasteiger partial charge in [-0.1, -0.05) is 13.0 Å². The minimum absolute atomic E-state index is 0. The van der Waals surface area contributed by atoms with Crippen LogP contribution < -0.4 is 15.5 Å². The topological polar surface area (TPSA) is 55.8 Å². The first-order valence-corrected chi connectivity index (χ1v) is 10.6. The van der Waals surface area contributed by atoms with Crippen molar-refractivity contribution in [2.24, 2.45) is 10.9 Å². The summed E-state index contributed by atoms with van der Waals surface area (Å²) < 4.78 is 0. The Morgan fingerprint density at radius 1 is 1.14 bits per heavy atom. The summed E-state index contributed by atoms with van der Waals surface area (Å²) in [5.41, 5.74) is 1.15. The van der Waals surface area contributed by atoms with E-state index in [1.165, 1.54) is 25.7 Å². The lowest BCUT2D eigenvalue weighted by Crippen LogP contribution is -2.44. The molecule has 6 nitrogen and oxygen atoms in total. The smallest absolute Gasteiger partial charge is 0.191 e. The largest absolute Gasteiger partial charge is 0.357 e. The third-order valence-electron chi connectivity index (χ3n) is 5.76. The second-order valence-electron chi connectivity index (χ2n) is 8.11. The van der Waals surface area contributed by atoms with Crippen molar-refractivity contribution in [2.75, 3.05) is 44.7 Å². The maximum atomic E-state index is 4.78. The van der Waals surface area contributed by atoms with Crippen LogP contribution in [0.15, 0.2) is 23.3 Å². The molecule has 1 aliphatic heterocycles. The van der Waals surface area contributed by atoms with E-state index in [0.717, 1.165) is 56.0 Å². The Labute approximate surface area is 187 Å². The van der Waals surface area contributed by atoms with Crippen LogP contribution in [0.25, 0.3) is 0 Å². The van der Waals surface area contributed by atoms with E-state index in [-0.39, 0.29) is 24.0 Å². The molecule has 1 aromatic rings. The summed E-state index contributed by atoms with van der Waals surface area (Å²) in [4.78, 5) is 14.2. The summed E-state index contributed by atoms with van der Waals surface area (Å²) >= 11 is 0. The molecule has 2 heterocycles. The lowest BCUT2D eigenvalue weighted by atomic mass is 9.87. The molecule has 0 spiro atoms. The Morgan fingerprint density at radius 3 is 2.46 bits per heavy atom. The molecule has 2 aliphatic rings. The van der Waals surface area contributed by atoms with Gasteiger partial charge in [-0.25, -0.2) is 9.98 Å². The summed E-state index contributed by atoms with van der Waals surface area (Å²) in [6, 6.07) is 4.85. The number of hydrogen-bond donors (Lipinski definition) is 2. The number of nitrogens with one attached hydrogen (secondary N) is 2. The van der Waals surface area contributed by atoms with E-state index in [2.05, 4.69) is 58.4 Å². The molecular formula is C21H37IN6. The fourth-order valence-corrected chi connectivity index (χ4v) is 3.82. The number of nitrogens with zero attached hydrogens (tertiary/aromatic N) is 4. The molecule has 3 rings (SSSR count). The Morgan fingerprint density at radius 2 is 1.86 bits per heavy atom. The third kappa shape index (κ3) is 7.06. The highest BCUT2D eigenvalue weighted by atomic mass is 127. The molecule has 2 N–H and O–H groups in total. The van der Waals surface area contributed by atoms with Gasteiger partial charge in [-0.3, -0.25) is 0 Å². The Kier molecular flexibility index (Phi) is 9.77. The lowest BCUT2D eigenvalue weighted by Gasteiger charge is -2.33. The standard InChI is InChI=1S/C21H36N6.HI/c1-4-22-21(25-19-8-5-17(2)6-9-19)24-16-18-7-10-20(23-15-18)27-13-11-26(3)12-14-27;/h7,10,15,17,19H,4-6,8-9,11-14,16H2,1-3H3,(H2,22,24,25);1H. The van der Waals surface area contributed by atoms with Crippen molar-refractivity contribution < 1.29 is 0 Å². The number of pyridine rings is 1. The number of aromatic nitrogens is 1. The fraction of sp³-hybridized carbons (Fsp3) is 0.714. The monoisotopic (exact) mass is 500 g/mol. The minimum atomic E-state index is 0. The highest BCUT2D eigenvalue weighted by molar-refractivity contribution is 14.0. The number of halogens is 1. The molecule has 28 heavy (non-hydrogen) atoms. The molecule has 0 aromatic carbocycles. The molecule has 7 heteroatoms. The van der Waals surface area contributed by atoms with Crippen LogP contribution in [-0.2, 0) is 6.54 Å². The first-order valence-electron chi connectivity index (χ1n) is 10.6. The SMILES string of the molecule is CCNC(=NCc1ccc(N2CCN(C)CC2)nc1)NC1CCC(C)CC1.I. The molecule has 0 unspecified atom stereocenters. The quantitative estimate of drug-likeness (QED) is 0.370. The number of hydrogen-bond acceptors (Lipinski definition) is 4. The normalized spacial score (nSPS) is 23.8. The average Bonchev–Trinajstić information content (AvgIpc) is 2.69. The number of rotatable bonds is 5. The van der Waals surface area contributed by atoms with Crippen LogP contribution in [0.3, 0.4) is 0 Å². The zero-order valence-corrected chi connectivity index (χ0v) is 20.0. The minimum Gasteiger partial charge on any atom is -0.357 e. The molecule has 0 amide bonds. The number of guanidine groups is 1. The molecule has 0 bridgehead atoms. The van der Waals surface area contributed by atoms with E-state index in [1.54, 1.807) is 0 Å². The zero-order chi connectivity index (χ0) is 19.1. The van der Waals surface area contributed by atoms with E-state index >= 15 is 0 Å². The summed E-state index contributed by atoms with van der Waals surface area (Å²) in [6.07, 6.45) is 7.09. The van der Waals surface area contributed by atoms with Gasteiger partial charge in [-0.15, -0.1) is 24.0 Å².